The molecule has 1 aromatic carbocycles. The van der Waals surface area contributed by atoms with Crippen LogP contribution in [0.2, 0.25) is 0 Å². The van der Waals surface area contributed by atoms with E-state index in [1.54, 1.807) is 5.54 Å². The van der Waals surface area contributed by atoms with Crippen molar-refractivity contribution in [2.75, 3.05) is 44.6 Å². The highest BCUT2D eigenvalue weighted by atomic mass is 35.5. The minimum Gasteiger partial charge on any atom is -0.325 e. The van der Waals surface area contributed by atoms with E-state index in [9.17, 15) is 4.79 Å². The Labute approximate surface area is 137 Å². The molecule has 1 N–H and O–H groups in total. The second-order valence-corrected chi connectivity index (χ2v) is 5.75. The van der Waals surface area contributed by atoms with Gasteiger partial charge in [0.05, 0.1) is 6.54 Å². The van der Waals surface area contributed by atoms with E-state index >= 15 is 0 Å². The fraction of sp³-hybridized carbons (Fsp3) is 0.471. The van der Waals surface area contributed by atoms with Crippen molar-refractivity contribution < 1.29 is 4.79 Å². The Balaban J connectivity index is 1.78. The molecule has 1 aromatic rings. The van der Waals surface area contributed by atoms with E-state index < -0.39 is 0 Å². The Hall–Kier alpha value is -1.36. The van der Waals surface area contributed by atoms with Crippen molar-refractivity contribution in [3.8, 4) is 0 Å². The van der Waals surface area contributed by atoms with Gasteiger partial charge < -0.3 is 5.32 Å². The number of hydrogen-bond acceptors (Lipinski definition) is 3. The smallest absolute Gasteiger partial charge is 0.238 e. The molecule has 22 heavy (non-hydrogen) atoms. The van der Waals surface area contributed by atoms with Crippen molar-refractivity contribution in [3.05, 3.63) is 41.4 Å². The monoisotopic (exact) mass is 321 g/mol. The van der Waals surface area contributed by atoms with Gasteiger partial charge in [-0.25, -0.2) is 0 Å². The van der Waals surface area contributed by atoms with Crippen molar-refractivity contribution in [2.45, 2.75) is 13.3 Å². The minimum absolute atomic E-state index is 0.0648. The number of nitrogens with one attached hydrogen (secondary N) is 1. The predicted octanol–water partition coefficient (Wildman–Crippen LogP) is 2.56. The highest BCUT2D eigenvalue weighted by Gasteiger charge is 2.18. The second kappa shape index (κ2) is 8.93. The molecule has 2 rings (SSSR count). The summed E-state index contributed by atoms with van der Waals surface area (Å²) in [5.41, 5.74) is 3.67. The molecule has 1 fully saturated rings. The summed E-state index contributed by atoms with van der Waals surface area (Å²) in [6, 6.07) is 7.98. The molecule has 1 heterocycles. The van der Waals surface area contributed by atoms with Gasteiger partial charge in [0.1, 0.15) is 0 Å². The van der Waals surface area contributed by atoms with E-state index in [4.69, 9.17) is 11.6 Å². The van der Waals surface area contributed by atoms with Crippen LogP contribution in [-0.2, 0) is 11.2 Å². The quantitative estimate of drug-likeness (QED) is 0.874. The average Bonchev–Trinajstić information content (AvgIpc) is 2.54. The predicted molar refractivity (Wildman–Crippen MR) is 92.3 cm³/mol. The van der Waals surface area contributed by atoms with Crippen molar-refractivity contribution in [3.63, 3.8) is 0 Å². The topological polar surface area (TPSA) is 35.6 Å². The number of benzene rings is 1. The molecule has 120 valence electrons. The molecule has 1 aliphatic heterocycles. The van der Waals surface area contributed by atoms with Gasteiger partial charge >= 0.3 is 0 Å². The molecule has 1 aliphatic rings. The van der Waals surface area contributed by atoms with Crippen LogP contribution < -0.4 is 5.32 Å². The number of piperazine rings is 1. The van der Waals surface area contributed by atoms with E-state index in [0.29, 0.717) is 6.54 Å². The summed E-state index contributed by atoms with van der Waals surface area (Å²) < 4.78 is 0. The van der Waals surface area contributed by atoms with Crippen LogP contribution in [0.25, 0.3) is 0 Å². The van der Waals surface area contributed by atoms with Crippen LogP contribution in [0, 0.1) is 0 Å². The summed E-state index contributed by atoms with van der Waals surface area (Å²) in [5.74, 6) is 0.0648. The third-order valence-corrected chi connectivity index (χ3v) is 4.14. The lowest BCUT2D eigenvalue weighted by Gasteiger charge is -2.33. The highest BCUT2D eigenvalue weighted by molar-refractivity contribution is 6.25. The number of carbonyl (C=O) groups is 1. The van der Waals surface area contributed by atoms with E-state index in [-0.39, 0.29) is 5.91 Å². The van der Waals surface area contributed by atoms with Gasteiger partial charge in [0.25, 0.3) is 0 Å². The van der Waals surface area contributed by atoms with Crippen LogP contribution in [0.5, 0.6) is 0 Å². The lowest BCUT2D eigenvalue weighted by molar-refractivity contribution is -0.117. The zero-order chi connectivity index (χ0) is 15.8. The number of nitrogens with zero attached hydrogens (tertiary/aromatic N) is 2. The molecule has 0 aromatic heterocycles. The summed E-state index contributed by atoms with van der Waals surface area (Å²) in [4.78, 5) is 16.7. The lowest BCUT2D eigenvalue weighted by atomic mass is 10.1. The summed E-state index contributed by atoms with van der Waals surface area (Å²) >= 11 is 5.55. The number of rotatable bonds is 6. The molecular formula is C17H24ClN3O. The number of aryl methyl sites for hydroxylation is 1. The highest BCUT2D eigenvalue weighted by Crippen LogP contribution is 2.15. The van der Waals surface area contributed by atoms with Crippen molar-refractivity contribution in [2.24, 2.45) is 0 Å². The Bertz CT molecular complexity index is 510. The normalized spacial score (nSPS) is 17.0. The molecule has 0 atom stereocenters. The van der Waals surface area contributed by atoms with E-state index in [2.05, 4.69) is 28.1 Å². The molecule has 5 heteroatoms. The molecule has 0 aliphatic carbocycles. The van der Waals surface area contributed by atoms with Crippen molar-refractivity contribution in [1.29, 1.82) is 0 Å². The first-order valence-corrected chi connectivity index (χ1v) is 8.24. The maximum Gasteiger partial charge on any atom is 0.238 e. The van der Waals surface area contributed by atoms with Gasteiger partial charge in [-0.2, -0.15) is 0 Å². The molecule has 1 amide bonds. The zero-order valence-corrected chi connectivity index (χ0v) is 13.9. The number of amides is 1. The van der Waals surface area contributed by atoms with Crippen LogP contribution in [0.3, 0.4) is 0 Å². The largest absolute Gasteiger partial charge is 0.325 e. The van der Waals surface area contributed by atoms with Crippen molar-refractivity contribution in [1.82, 2.24) is 9.80 Å². The fourth-order valence-electron chi connectivity index (χ4n) is 2.66. The van der Waals surface area contributed by atoms with Gasteiger partial charge in [0.15, 0.2) is 0 Å². The molecule has 0 saturated carbocycles. The third-order valence-electron chi connectivity index (χ3n) is 3.96. The molecule has 4 nitrogen and oxygen atoms in total. The summed E-state index contributed by atoms with van der Waals surface area (Å²) in [6.45, 7) is 7.21. The SMILES string of the molecule is CCc1ccccc1NC(=O)CN1CCN(C/C=C/Cl)CC1. The Morgan fingerprint density at radius 1 is 1.23 bits per heavy atom. The minimum atomic E-state index is 0.0648. The summed E-state index contributed by atoms with van der Waals surface area (Å²) in [6.07, 6.45) is 2.87. The molecule has 0 spiro atoms. The molecule has 0 unspecified atom stereocenters. The van der Waals surface area contributed by atoms with E-state index in [1.807, 2.05) is 24.3 Å². The number of para-hydroxylation sites is 1. The van der Waals surface area contributed by atoms with Gasteiger partial charge in [0, 0.05) is 43.9 Å². The maximum absolute atomic E-state index is 12.2. The first-order valence-electron chi connectivity index (χ1n) is 7.80. The van der Waals surface area contributed by atoms with Gasteiger partial charge in [-0.15, -0.1) is 0 Å². The molecule has 1 saturated heterocycles. The van der Waals surface area contributed by atoms with Crippen LogP contribution in [0.1, 0.15) is 12.5 Å². The fourth-order valence-corrected chi connectivity index (χ4v) is 2.74. The van der Waals surface area contributed by atoms with Crippen LogP contribution in [0.15, 0.2) is 35.9 Å². The lowest BCUT2D eigenvalue weighted by Crippen LogP contribution is -2.48. The van der Waals surface area contributed by atoms with Crippen LogP contribution in [-0.4, -0.2) is 55.0 Å². The average molecular weight is 322 g/mol. The van der Waals surface area contributed by atoms with Gasteiger partial charge in [-0.3, -0.25) is 14.6 Å². The van der Waals surface area contributed by atoms with Crippen molar-refractivity contribution >= 4 is 23.2 Å². The molecule has 0 radical (unpaired) electrons. The van der Waals surface area contributed by atoms with Crippen LogP contribution >= 0.6 is 11.6 Å². The first-order chi connectivity index (χ1) is 10.7. The van der Waals surface area contributed by atoms with Crippen LogP contribution in [0.4, 0.5) is 5.69 Å². The third kappa shape index (κ3) is 5.13. The Morgan fingerprint density at radius 3 is 2.59 bits per heavy atom. The molecular weight excluding hydrogens is 298 g/mol. The number of hydrogen-bond donors (Lipinski definition) is 1. The number of anilines is 1. The second-order valence-electron chi connectivity index (χ2n) is 5.50. The standard InChI is InChI=1S/C17H24ClN3O/c1-2-15-6-3-4-7-16(15)19-17(22)14-21-12-10-20(11-13-21)9-5-8-18/h3-8H,2,9-14H2,1H3,(H,19,22)/b8-5+. The first kappa shape index (κ1) is 17.0. The molecule has 0 bridgehead atoms. The zero-order valence-electron chi connectivity index (χ0n) is 13.1. The van der Waals surface area contributed by atoms with Gasteiger partial charge in [-0.05, 0) is 18.1 Å². The maximum atomic E-state index is 12.2. The Morgan fingerprint density at radius 2 is 1.91 bits per heavy atom. The van der Waals surface area contributed by atoms with E-state index in [0.717, 1.165) is 44.8 Å². The summed E-state index contributed by atoms with van der Waals surface area (Å²) in [5, 5.41) is 3.03. The summed E-state index contributed by atoms with van der Waals surface area (Å²) in [7, 11) is 0. The Kier molecular flexibility index (Phi) is 6.90. The number of carbonyl (C=O) groups excluding carboxylic acids is 1. The number of halogens is 1. The van der Waals surface area contributed by atoms with E-state index in [1.165, 1.54) is 5.56 Å². The van der Waals surface area contributed by atoms with Gasteiger partial charge in [0.2, 0.25) is 5.91 Å². The van der Waals surface area contributed by atoms with Gasteiger partial charge in [-0.1, -0.05) is 42.8 Å².